The van der Waals surface area contributed by atoms with Gasteiger partial charge >= 0.3 is 5.97 Å². The van der Waals surface area contributed by atoms with Crippen molar-refractivity contribution >= 4 is 39.1 Å². The van der Waals surface area contributed by atoms with Crippen LogP contribution >= 0.6 is 27.3 Å². The van der Waals surface area contributed by atoms with Gasteiger partial charge in [-0.15, -0.1) is 11.3 Å². The Hall–Kier alpha value is -0.880. The van der Waals surface area contributed by atoms with E-state index in [1.54, 1.807) is 11.3 Å². The molecule has 6 heteroatoms. The minimum atomic E-state index is -1.21. The lowest BCUT2D eigenvalue weighted by molar-refractivity contribution is -0.146. The minimum absolute atomic E-state index is 0.224. The first kappa shape index (κ1) is 15.2. The number of aryl methyl sites for hydroxylation is 1. The van der Waals surface area contributed by atoms with Crippen molar-refractivity contribution in [2.75, 3.05) is 0 Å². The summed E-state index contributed by atoms with van der Waals surface area (Å²) in [5, 5.41) is 11.4. The smallest absolute Gasteiger partial charge is 0.328 e. The lowest BCUT2D eigenvalue weighted by Crippen LogP contribution is -2.49. The summed E-state index contributed by atoms with van der Waals surface area (Å²) < 4.78 is 1.08. The number of nitrogens with one attached hydrogen (secondary N) is 1. The van der Waals surface area contributed by atoms with Gasteiger partial charge in [-0.2, -0.15) is 0 Å². The van der Waals surface area contributed by atoms with Crippen LogP contribution in [0, 0.1) is 0 Å². The molecule has 0 aliphatic heterocycles. The first-order valence-corrected chi connectivity index (χ1v) is 7.21. The summed E-state index contributed by atoms with van der Waals surface area (Å²) >= 11 is 5.03. The van der Waals surface area contributed by atoms with Crippen LogP contribution in [0.15, 0.2) is 15.9 Å². The van der Waals surface area contributed by atoms with Gasteiger partial charge in [0.15, 0.2) is 0 Å². The quantitative estimate of drug-likeness (QED) is 0.841. The Morgan fingerprint density at radius 2 is 2.11 bits per heavy atom. The summed E-state index contributed by atoms with van der Waals surface area (Å²) in [6, 6.07) is 4.00. The maximum Gasteiger partial charge on any atom is 0.328 e. The van der Waals surface area contributed by atoms with E-state index >= 15 is 0 Å². The molecule has 0 saturated carbocycles. The standard InChI is InChI=1S/C12H16BrNO3S/c1-12(2,11(16)17)14-10(15)5-3-4-8-6-7-9(13)18-8/h6-7H,3-5H2,1-2H3,(H,14,15)(H,16,17). The number of carbonyl (C=O) groups is 2. The third kappa shape index (κ3) is 4.78. The molecule has 0 aromatic carbocycles. The number of thiophene rings is 1. The Bertz CT molecular complexity index is 442. The van der Waals surface area contributed by atoms with Crippen molar-refractivity contribution in [2.24, 2.45) is 0 Å². The SMILES string of the molecule is CC(C)(NC(=O)CCCc1ccc(Br)s1)C(=O)O. The third-order valence-corrected chi connectivity index (χ3v) is 4.13. The highest BCUT2D eigenvalue weighted by Gasteiger charge is 2.28. The Balaban J connectivity index is 2.32. The van der Waals surface area contributed by atoms with Crippen LogP contribution in [0.4, 0.5) is 0 Å². The molecule has 0 aliphatic rings. The van der Waals surface area contributed by atoms with Crippen LogP contribution in [-0.4, -0.2) is 22.5 Å². The molecular formula is C12H16BrNO3S. The maximum atomic E-state index is 11.6. The minimum Gasteiger partial charge on any atom is -0.480 e. The average molecular weight is 334 g/mol. The van der Waals surface area contributed by atoms with E-state index in [9.17, 15) is 9.59 Å². The molecule has 18 heavy (non-hydrogen) atoms. The van der Waals surface area contributed by atoms with Crippen LogP contribution in [-0.2, 0) is 16.0 Å². The number of amides is 1. The van der Waals surface area contributed by atoms with Gasteiger partial charge in [-0.3, -0.25) is 4.79 Å². The zero-order valence-corrected chi connectivity index (χ0v) is 12.7. The van der Waals surface area contributed by atoms with Gasteiger partial charge in [-0.1, -0.05) is 0 Å². The van der Waals surface area contributed by atoms with Crippen molar-refractivity contribution in [2.45, 2.75) is 38.6 Å². The molecule has 0 atom stereocenters. The number of carbonyl (C=O) groups excluding carboxylic acids is 1. The number of carboxylic acid groups (broad SMARTS) is 1. The van der Waals surface area contributed by atoms with Gasteiger partial charge < -0.3 is 10.4 Å². The van der Waals surface area contributed by atoms with E-state index in [2.05, 4.69) is 21.2 Å². The fourth-order valence-electron chi connectivity index (χ4n) is 1.37. The monoisotopic (exact) mass is 333 g/mol. The predicted molar refractivity (Wildman–Crippen MR) is 74.8 cm³/mol. The topological polar surface area (TPSA) is 66.4 Å². The Labute approximate surface area is 119 Å². The van der Waals surface area contributed by atoms with Gasteiger partial charge in [0, 0.05) is 11.3 Å². The van der Waals surface area contributed by atoms with E-state index in [1.807, 2.05) is 12.1 Å². The van der Waals surface area contributed by atoms with E-state index in [4.69, 9.17) is 5.11 Å². The van der Waals surface area contributed by atoms with E-state index in [1.165, 1.54) is 18.7 Å². The summed E-state index contributed by atoms with van der Waals surface area (Å²) in [6.07, 6.45) is 1.89. The van der Waals surface area contributed by atoms with Gasteiger partial charge in [0.2, 0.25) is 5.91 Å². The van der Waals surface area contributed by atoms with E-state index in [0.29, 0.717) is 12.8 Å². The van der Waals surface area contributed by atoms with Crippen molar-refractivity contribution in [1.29, 1.82) is 0 Å². The molecule has 1 amide bonds. The molecule has 4 nitrogen and oxygen atoms in total. The van der Waals surface area contributed by atoms with Crippen molar-refractivity contribution < 1.29 is 14.7 Å². The highest BCUT2D eigenvalue weighted by atomic mass is 79.9. The molecule has 0 bridgehead atoms. The molecule has 1 aromatic heterocycles. The van der Waals surface area contributed by atoms with Crippen LogP contribution in [0.1, 0.15) is 31.6 Å². The molecule has 1 aromatic rings. The Morgan fingerprint density at radius 3 is 2.61 bits per heavy atom. The number of aliphatic carboxylic acids is 1. The van der Waals surface area contributed by atoms with Crippen molar-refractivity contribution in [3.63, 3.8) is 0 Å². The molecule has 0 fully saturated rings. The van der Waals surface area contributed by atoms with Crippen LogP contribution < -0.4 is 5.32 Å². The predicted octanol–water partition coefficient (Wildman–Crippen LogP) is 2.81. The molecule has 0 saturated heterocycles. The number of carboxylic acids is 1. The molecule has 1 rings (SSSR count). The first-order valence-electron chi connectivity index (χ1n) is 5.60. The van der Waals surface area contributed by atoms with Gasteiger partial charge in [-0.25, -0.2) is 4.79 Å². The van der Waals surface area contributed by atoms with Crippen LogP contribution in [0.25, 0.3) is 0 Å². The maximum absolute atomic E-state index is 11.6. The summed E-state index contributed by atoms with van der Waals surface area (Å²) in [4.78, 5) is 23.6. The second-order valence-corrected chi connectivity index (χ2v) is 7.09. The molecule has 100 valence electrons. The Morgan fingerprint density at radius 1 is 1.44 bits per heavy atom. The molecule has 1 heterocycles. The lowest BCUT2D eigenvalue weighted by atomic mass is 10.1. The van der Waals surface area contributed by atoms with E-state index in [0.717, 1.165) is 10.2 Å². The van der Waals surface area contributed by atoms with Crippen molar-refractivity contribution in [3.8, 4) is 0 Å². The second-order valence-electron chi connectivity index (χ2n) is 4.54. The van der Waals surface area contributed by atoms with E-state index < -0.39 is 11.5 Å². The van der Waals surface area contributed by atoms with Gasteiger partial charge in [-0.05, 0) is 54.8 Å². The molecule has 0 radical (unpaired) electrons. The van der Waals surface area contributed by atoms with Crippen molar-refractivity contribution in [1.82, 2.24) is 5.32 Å². The first-order chi connectivity index (χ1) is 8.31. The van der Waals surface area contributed by atoms with E-state index in [-0.39, 0.29) is 5.91 Å². The summed E-state index contributed by atoms with van der Waals surface area (Å²) in [5.41, 5.74) is -1.21. The highest BCUT2D eigenvalue weighted by Crippen LogP contribution is 2.23. The largest absolute Gasteiger partial charge is 0.480 e. The highest BCUT2D eigenvalue weighted by molar-refractivity contribution is 9.11. The number of halogens is 1. The summed E-state index contributed by atoms with van der Waals surface area (Å²) in [7, 11) is 0. The van der Waals surface area contributed by atoms with Crippen molar-refractivity contribution in [3.05, 3.63) is 20.8 Å². The Kier molecular flexibility index (Phi) is 5.34. The molecule has 2 N–H and O–H groups in total. The van der Waals surface area contributed by atoms with Crippen LogP contribution in [0.3, 0.4) is 0 Å². The normalized spacial score (nSPS) is 11.3. The fraction of sp³-hybridized carbons (Fsp3) is 0.500. The zero-order chi connectivity index (χ0) is 13.8. The van der Waals surface area contributed by atoms with Gasteiger partial charge in [0.05, 0.1) is 3.79 Å². The molecule has 0 unspecified atom stereocenters. The van der Waals surface area contributed by atoms with Crippen LogP contribution in [0.2, 0.25) is 0 Å². The number of hydrogen-bond donors (Lipinski definition) is 2. The molecule has 0 spiro atoms. The number of hydrogen-bond acceptors (Lipinski definition) is 3. The second kappa shape index (κ2) is 6.33. The fourth-order valence-corrected chi connectivity index (χ4v) is 2.90. The zero-order valence-electron chi connectivity index (χ0n) is 10.3. The molecular weight excluding hydrogens is 318 g/mol. The molecule has 0 aliphatic carbocycles. The summed E-state index contributed by atoms with van der Waals surface area (Å²) in [6.45, 7) is 2.95. The average Bonchev–Trinajstić information content (AvgIpc) is 2.63. The van der Waals surface area contributed by atoms with Gasteiger partial charge in [0.25, 0.3) is 0 Å². The summed E-state index contributed by atoms with van der Waals surface area (Å²) in [5.74, 6) is -1.25. The van der Waals surface area contributed by atoms with Gasteiger partial charge in [0.1, 0.15) is 5.54 Å². The number of rotatable bonds is 6. The van der Waals surface area contributed by atoms with Crippen LogP contribution in [0.5, 0.6) is 0 Å². The lowest BCUT2D eigenvalue weighted by Gasteiger charge is -2.20. The third-order valence-electron chi connectivity index (χ3n) is 2.44.